The van der Waals surface area contributed by atoms with Crippen molar-refractivity contribution in [1.82, 2.24) is 5.32 Å². The second kappa shape index (κ2) is 6.41. The van der Waals surface area contributed by atoms with E-state index in [9.17, 15) is 4.79 Å². The monoisotopic (exact) mass is 282 g/mol. The first-order valence-electron chi connectivity index (χ1n) is 7.13. The number of amides is 1. The van der Waals surface area contributed by atoms with E-state index in [0.29, 0.717) is 18.1 Å². The summed E-state index contributed by atoms with van der Waals surface area (Å²) in [5.41, 5.74) is 0.765. The molecule has 4 heteroatoms. The summed E-state index contributed by atoms with van der Waals surface area (Å²) in [6.07, 6.45) is 0.566. The van der Waals surface area contributed by atoms with E-state index >= 15 is 0 Å². The Kier molecular flexibility index (Phi) is 4.17. The van der Waals surface area contributed by atoms with Gasteiger partial charge in [-0.25, -0.2) is 0 Å². The average molecular weight is 282 g/mol. The molecule has 2 aromatic rings. The van der Waals surface area contributed by atoms with E-state index in [0.717, 1.165) is 24.5 Å². The van der Waals surface area contributed by atoms with E-state index in [2.05, 4.69) is 10.6 Å². The molecule has 0 spiro atoms. The largest absolute Gasteiger partial charge is 0.457 e. The van der Waals surface area contributed by atoms with Gasteiger partial charge in [0.15, 0.2) is 0 Å². The maximum Gasteiger partial charge on any atom is 0.224 e. The number of hydrogen-bond donors (Lipinski definition) is 2. The Bertz CT molecular complexity index is 609. The van der Waals surface area contributed by atoms with Gasteiger partial charge in [-0.3, -0.25) is 4.79 Å². The molecule has 1 aliphatic heterocycles. The van der Waals surface area contributed by atoms with Crippen molar-refractivity contribution in [2.24, 2.45) is 5.92 Å². The highest BCUT2D eigenvalue weighted by molar-refractivity contribution is 5.91. The number of carbonyl (C=O) groups excluding carboxylic acids is 1. The Morgan fingerprint density at radius 1 is 1.10 bits per heavy atom. The van der Waals surface area contributed by atoms with Crippen molar-refractivity contribution >= 4 is 11.6 Å². The zero-order valence-corrected chi connectivity index (χ0v) is 11.7. The predicted molar refractivity (Wildman–Crippen MR) is 82.6 cm³/mol. The highest BCUT2D eigenvalue weighted by atomic mass is 16.5. The Balaban J connectivity index is 1.61. The number of carbonyl (C=O) groups is 1. The molecule has 0 aromatic heterocycles. The zero-order chi connectivity index (χ0) is 14.5. The second-order valence-electron chi connectivity index (χ2n) is 5.22. The fourth-order valence-electron chi connectivity index (χ4n) is 2.23. The van der Waals surface area contributed by atoms with Gasteiger partial charge >= 0.3 is 0 Å². The van der Waals surface area contributed by atoms with Crippen LogP contribution in [0.4, 0.5) is 5.69 Å². The molecule has 0 bridgehead atoms. The lowest BCUT2D eigenvalue weighted by atomic mass is 9.99. The minimum atomic E-state index is 0.0540. The predicted octanol–water partition coefficient (Wildman–Crippen LogP) is 3.03. The van der Waals surface area contributed by atoms with E-state index < -0.39 is 0 Å². The highest BCUT2D eigenvalue weighted by Crippen LogP contribution is 2.24. The van der Waals surface area contributed by atoms with E-state index in [4.69, 9.17) is 4.74 Å². The molecule has 1 amide bonds. The van der Waals surface area contributed by atoms with Gasteiger partial charge in [0, 0.05) is 18.2 Å². The lowest BCUT2D eigenvalue weighted by Gasteiger charge is -2.26. The molecule has 2 aromatic carbocycles. The van der Waals surface area contributed by atoms with Crippen molar-refractivity contribution in [3.63, 3.8) is 0 Å². The quantitative estimate of drug-likeness (QED) is 0.886. The first kappa shape index (κ1) is 13.6. The number of rotatable bonds is 5. The van der Waals surface area contributed by atoms with Gasteiger partial charge in [0.25, 0.3) is 0 Å². The molecule has 4 nitrogen and oxygen atoms in total. The standard InChI is InChI=1S/C17H18N2O2/c20-17(9-13-11-18-12-13)19-14-5-4-8-16(10-14)21-15-6-2-1-3-7-15/h1-8,10,13,18H,9,11-12H2,(H,19,20). The van der Waals surface area contributed by atoms with Crippen LogP contribution in [0.1, 0.15) is 6.42 Å². The Labute approximate surface area is 124 Å². The maximum absolute atomic E-state index is 11.9. The van der Waals surface area contributed by atoms with Crippen molar-refractivity contribution in [1.29, 1.82) is 0 Å². The zero-order valence-electron chi connectivity index (χ0n) is 11.7. The first-order chi connectivity index (χ1) is 10.3. The summed E-state index contributed by atoms with van der Waals surface area (Å²) in [5.74, 6) is 2.01. The average Bonchev–Trinajstić information content (AvgIpc) is 2.44. The Morgan fingerprint density at radius 3 is 2.57 bits per heavy atom. The molecule has 0 aliphatic carbocycles. The molecule has 0 atom stereocenters. The van der Waals surface area contributed by atoms with Gasteiger partial charge in [0.1, 0.15) is 11.5 Å². The summed E-state index contributed by atoms with van der Waals surface area (Å²) in [5, 5.41) is 6.09. The molecule has 108 valence electrons. The normalized spacial score (nSPS) is 14.3. The van der Waals surface area contributed by atoms with Crippen LogP contribution < -0.4 is 15.4 Å². The molecule has 1 saturated heterocycles. The highest BCUT2D eigenvalue weighted by Gasteiger charge is 2.20. The third kappa shape index (κ3) is 3.83. The summed E-state index contributed by atoms with van der Waals surface area (Å²) in [4.78, 5) is 11.9. The van der Waals surface area contributed by atoms with Crippen LogP contribution in [0.5, 0.6) is 11.5 Å². The van der Waals surface area contributed by atoms with Gasteiger partial charge in [-0.05, 0) is 43.3 Å². The molecule has 1 fully saturated rings. The Morgan fingerprint density at radius 2 is 1.86 bits per heavy atom. The van der Waals surface area contributed by atoms with Crippen LogP contribution in [0.3, 0.4) is 0 Å². The first-order valence-corrected chi connectivity index (χ1v) is 7.13. The fourth-order valence-corrected chi connectivity index (χ4v) is 2.23. The second-order valence-corrected chi connectivity index (χ2v) is 5.22. The van der Waals surface area contributed by atoms with Crippen LogP contribution in [-0.2, 0) is 4.79 Å². The van der Waals surface area contributed by atoms with Gasteiger partial charge in [-0.2, -0.15) is 0 Å². The van der Waals surface area contributed by atoms with Crippen molar-refractivity contribution in [2.75, 3.05) is 18.4 Å². The van der Waals surface area contributed by atoms with Crippen LogP contribution >= 0.6 is 0 Å². The van der Waals surface area contributed by atoms with Crippen molar-refractivity contribution in [3.05, 3.63) is 54.6 Å². The van der Waals surface area contributed by atoms with Crippen LogP contribution in [0.15, 0.2) is 54.6 Å². The molecule has 0 unspecified atom stereocenters. The summed E-state index contributed by atoms with van der Waals surface area (Å²) in [6.45, 7) is 1.87. The molecule has 21 heavy (non-hydrogen) atoms. The molecule has 0 radical (unpaired) electrons. The van der Waals surface area contributed by atoms with E-state index in [1.54, 1.807) is 0 Å². The van der Waals surface area contributed by atoms with Crippen LogP contribution in [0.2, 0.25) is 0 Å². The van der Waals surface area contributed by atoms with Crippen LogP contribution in [0.25, 0.3) is 0 Å². The summed E-state index contributed by atoms with van der Waals surface area (Å²) < 4.78 is 5.75. The topological polar surface area (TPSA) is 50.4 Å². The number of para-hydroxylation sites is 1. The molecule has 1 aliphatic rings. The fraction of sp³-hybridized carbons (Fsp3) is 0.235. The number of ether oxygens (including phenoxy) is 1. The number of benzene rings is 2. The lowest BCUT2D eigenvalue weighted by molar-refractivity contribution is -0.117. The van der Waals surface area contributed by atoms with E-state index in [1.165, 1.54) is 0 Å². The van der Waals surface area contributed by atoms with Gasteiger partial charge in [0.05, 0.1) is 0 Å². The summed E-state index contributed by atoms with van der Waals surface area (Å²) in [6, 6.07) is 17.0. The number of anilines is 1. The minimum Gasteiger partial charge on any atom is -0.457 e. The van der Waals surface area contributed by atoms with E-state index in [-0.39, 0.29) is 5.91 Å². The Hall–Kier alpha value is -2.33. The SMILES string of the molecule is O=C(CC1CNC1)Nc1cccc(Oc2ccccc2)c1. The van der Waals surface area contributed by atoms with Gasteiger partial charge in [-0.1, -0.05) is 24.3 Å². The van der Waals surface area contributed by atoms with Crippen LogP contribution in [-0.4, -0.2) is 19.0 Å². The van der Waals surface area contributed by atoms with Crippen molar-refractivity contribution in [2.45, 2.75) is 6.42 Å². The van der Waals surface area contributed by atoms with Crippen LogP contribution in [0, 0.1) is 5.92 Å². The smallest absolute Gasteiger partial charge is 0.224 e. The van der Waals surface area contributed by atoms with Crippen molar-refractivity contribution < 1.29 is 9.53 Å². The van der Waals surface area contributed by atoms with Gasteiger partial charge < -0.3 is 15.4 Å². The lowest BCUT2D eigenvalue weighted by Crippen LogP contribution is -2.43. The van der Waals surface area contributed by atoms with Gasteiger partial charge in [-0.15, -0.1) is 0 Å². The number of hydrogen-bond acceptors (Lipinski definition) is 3. The third-order valence-corrected chi connectivity index (χ3v) is 3.44. The molecule has 3 rings (SSSR count). The minimum absolute atomic E-state index is 0.0540. The number of nitrogens with one attached hydrogen (secondary N) is 2. The third-order valence-electron chi connectivity index (χ3n) is 3.44. The summed E-state index contributed by atoms with van der Waals surface area (Å²) in [7, 11) is 0. The maximum atomic E-state index is 11.9. The molecule has 0 saturated carbocycles. The molecular weight excluding hydrogens is 264 g/mol. The molecule has 1 heterocycles. The van der Waals surface area contributed by atoms with E-state index in [1.807, 2.05) is 54.6 Å². The summed E-state index contributed by atoms with van der Waals surface area (Å²) >= 11 is 0. The van der Waals surface area contributed by atoms with Gasteiger partial charge in [0.2, 0.25) is 5.91 Å². The molecular formula is C17H18N2O2. The molecule has 2 N–H and O–H groups in total. The van der Waals surface area contributed by atoms with Crippen molar-refractivity contribution in [3.8, 4) is 11.5 Å².